The molecule has 0 amide bonds. The molecule has 132 valence electrons. The van der Waals surface area contributed by atoms with Gasteiger partial charge in [-0.25, -0.2) is 14.2 Å². The monoisotopic (exact) mass is 353 g/mol. The molecule has 0 aliphatic carbocycles. The summed E-state index contributed by atoms with van der Waals surface area (Å²) in [6.07, 6.45) is 0.576. The Labute approximate surface area is 148 Å². The molecule has 0 saturated heterocycles. The van der Waals surface area contributed by atoms with E-state index in [0.29, 0.717) is 36.6 Å². The number of pyridine rings is 1. The number of carbonyl (C=O) groups is 1. The third-order valence-electron chi connectivity index (χ3n) is 4.47. The molecular formula is C19H16FN3O3. The summed E-state index contributed by atoms with van der Waals surface area (Å²) < 4.78 is 19.0. The molecule has 1 aliphatic rings. The number of aromatic nitrogens is 2. The van der Waals surface area contributed by atoms with Gasteiger partial charge in [-0.1, -0.05) is 17.3 Å². The lowest BCUT2D eigenvalue weighted by atomic mass is 10.0. The first-order valence-corrected chi connectivity index (χ1v) is 8.22. The average Bonchev–Trinajstić information content (AvgIpc) is 3.04. The van der Waals surface area contributed by atoms with E-state index in [1.807, 2.05) is 11.8 Å². The van der Waals surface area contributed by atoms with Gasteiger partial charge in [0.1, 0.15) is 28.7 Å². The molecule has 0 atom stereocenters. The van der Waals surface area contributed by atoms with Crippen molar-refractivity contribution in [1.29, 1.82) is 0 Å². The number of nitrogens with zero attached hydrogens (tertiary/aromatic N) is 3. The molecule has 3 heterocycles. The molecule has 4 rings (SSSR count). The molecule has 7 heteroatoms. The summed E-state index contributed by atoms with van der Waals surface area (Å²) in [6, 6.07) is 9.42. The van der Waals surface area contributed by atoms with Crippen molar-refractivity contribution in [3.63, 3.8) is 0 Å². The van der Waals surface area contributed by atoms with Crippen LogP contribution in [0.5, 0.6) is 0 Å². The number of aryl methyl sites for hydroxylation is 1. The van der Waals surface area contributed by atoms with E-state index in [2.05, 4.69) is 10.1 Å². The van der Waals surface area contributed by atoms with Crippen LogP contribution in [0.25, 0.3) is 11.3 Å². The summed E-state index contributed by atoms with van der Waals surface area (Å²) >= 11 is 0. The van der Waals surface area contributed by atoms with Gasteiger partial charge >= 0.3 is 5.97 Å². The Balaban J connectivity index is 1.74. The SMILES string of the molecule is Cc1ccc(C(=O)O)c(N2CCc3onc(-c4cccc(F)c4)c3C2)n1. The zero-order valence-corrected chi connectivity index (χ0v) is 14.1. The fourth-order valence-electron chi connectivity index (χ4n) is 3.20. The van der Waals surface area contributed by atoms with Crippen LogP contribution in [0.2, 0.25) is 0 Å². The second-order valence-electron chi connectivity index (χ2n) is 6.24. The van der Waals surface area contributed by atoms with Crippen LogP contribution in [0.4, 0.5) is 10.2 Å². The molecule has 3 aromatic rings. The van der Waals surface area contributed by atoms with Gasteiger partial charge in [0.25, 0.3) is 0 Å². The van der Waals surface area contributed by atoms with E-state index in [-0.39, 0.29) is 11.4 Å². The number of hydrogen-bond acceptors (Lipinski definition) is 5. The molecule has 0 saturated carbocycles. The number of halogens is 1. The molecule has 6 nitrogen and oxygen atoms in total. The number of benzene rings is 1. The van der Waals surface area contributed by atoms with E-state index in [9.17, 15) is 14.3 Å². The highest BCUT2D eigenvalue weighted by Crippen LogP contribution is 2.32. The highest BCUT2D eigenvalue weighted by Gasteiger charge is 2.28. The van der Waals surface area contributed by atoms with E-state index < -0.39 is 5.97 Å². The van der Waals surface area contributed by atoms with Crippen LogP contribution in [0, 0.1) is 12.7 Å². The van der Waals surface area contributed by atoms with Crippen LogP contribution in [0.1, 0.15) is 27.4 Å². The van der Waals surface area contributed by atoms with Crippen LogP contribution >= 0.6 is 0 Å². The molecule has 0 unspecified atom stereocenters. The van der Waals surface area contributed by atoms with E-state index in [4.69, 9.17) is 4.52 Å². The molecule has 0 bridgehead atoms. The number of aromatic carboxylic acids is 1. The highest BCUT2D eigenvalue weighted by atomic mass is 19.1. The van der Waals surface area contributed by atoms with Crippen molar-refractivity contribution in [2.45, 2.75) is 19.9 Å². The number of carboxylic acid groups (broad SMARTS) is 1. The van der Waals surface area contributed by atoms with Gasteiger partial charge in [-0.3, -0.25) is 0 Å². The number of carboxylic acids is 1. The first-order valence-electron chi connectivity index (χ1n) is 8.22. The molecular weight excluding hydrogens is 337 g/mol. The van der Waals surface area contributed by atoms with Crippen LogP contribution in [-0.2, 0) is 13.0 Å². The quantitative estimate of drug-likeness (QED) is 0.777. The molecule has 26 heavy (non-hydrogen) atoms. The predicted octanol–water partition coefficient (Wildman–Crippen LogP) is 3.45. The minimum Gasteiger partial charge on any atom is -0.478 e. The standard InChI is InChI=1S/C19H16FN3O3/c1-11-5-6-14(19(24)25)18(21-11)23-8-7-16-15(10-23)17(22-26-16)12-3-2-4-13(20)9-12/h2-6,9H,7-8,10H2,1H3,(H,24,25). The van der Waals surface area contributed by atoms with Crippen LogP contribution in [0.3, 0.4) is 0 Å². The maximum Gasteiger partial charge on any atom is 0.339 e. The minimum absolute atomic E-state index is 0.155. The third-order valence-corrected chi connectivity index (χ3v) is 4.47. The minimum atomic E-state index is -1.02. The molecule has 1 N–H and O–H groups in total. The lowest BCUT2D eigenvalue weighted by Crippen LogP contribution is -2.32. The zero-order valence-electron chi connectivity index (χ0n) is 14.1. The molecule has 0 spiro atoms. The van der Waals surface area contributed by atoms with Gasteiger partial charge in [-0.15, -0.1) is 0 Å². The van der Waals surface area contributed by atoms with Gasteiger partial charge in [-0.05, 0) is 31.2 Å². The van der Waals surface area contributed by atoms with Gasteiger partial charge in [0.05, 0.1) is 6.54 Å². The summed E-state index contributed by atoms with van der Waals surface area (Å²) in [5.74, 6) is -0.200. The topological polar surface area (TPSA) is 79.5 Å². The second kappa shape index (κ2) is 6.25. The Kier molecular flexibility index (Phi) is 3.91. The zero-order chi connectivity index (χ0) is 18.3. The van der Waals surface area contributed by atoms with E-state index in [1.54, 1.807) is 24.3 Å². The Morgan fingerprint density at radius 3 is 2.92 bits per heavy atom. The van der Waals surface area contributed by atoms with Crippen LogP contribution in [-0.4, -0.2) is 27.8 Å². The van der Waals surface area contributed by atoms with E-state index in [0.717, 1.165) is 17.0 Å². The fourth-order valence-corrected chi connectivity index (χ4v) is 3.20. The van der Waals surface area contributed by atoms with Crippen molar-refractivity contribution < 1.29 is 18.8 Å². The number of anilines is 1. The number of fused-ring (bicyclic) bond motifs is 1. The summed E-state index contributed by atoms with van der Waals surface area (Å²) in [6.45, 7) is 2.80. The molecule has 0 radical (unpaired) electrons. The van der Waals surface area contributed by atoms with Gasteiger partial charge in [0.2, 0.25) is 0 Å². The largest absolute Gasteiger partial charge is 0.478 e. The molecule has 0 fully saturated rings. The highest BCUT2D eigenvalue weighted by molar-refractivity contribution is 5.93. The first kappa shape index (κ1) is 16.3. The summed E-state index contributed by atoms with van der Waals surface area (Å²) in [5.41, 5.74) is 2.94. The molecule has 1 aliphatic heterocycles. The predicted molar refractivity (Wildman–Crippen MR) is 92.6 cm³/mol. The number of hydrogen-bond donors (Lipinski definition) is 1. The van der Waals surface area contributed by atoms with Gasteiger partial charge in [0.15, 0.2) is 0 Å². The Morgan fingerprint density at radius 1 is 1.31 bits per heavy atom. The summed E-state index contributed by atoms with van der Waals surface area (Å²) in [7, 11) is 0. The summed E-state index contributed by atoms with van der Waals surface area (Å²) in [4.78, 5) is 17.9. The van der Waals surface area contributed by atoms with E-state index in [1.165, 1.54) is 12.1 Å². The Bertz CT molecular complexity index is 999. The Morgan fingerprint density at radius 2 is 2.15 bits per heavy atom. The number of rotatable bonds is 3. The fraction of sp³-hybridized carbons (Fsp3) is 0.211. The first-order chi connectivity index (χ1) is 12.5. The van der Waals surface area contributed by atoms with Crippen molar-refractivity contribution in [3.8, 4) is 11.3 Å². The lowest BCUT2D eigenvalue weighted by Gasteiger charge is -2.28. The Hall–Kier alpha value is -3.22. The molecule has 2 aromatic heterocycles. The van der Waals surface area contributed by atoms with Crippen molar-refractivity contribution in [2.75, 3.05) is 11.4 Å². The normalized spacial score (nSPS) is 13.5. The third kappa shape index (κ3) is 2.81. The van der Waals surface area contributed by atoms with Crippen LogP contribution in [0.15, 0.2) is 40.9 Å². The van der Waals surface area contributed by atoms with Crippen molar-refractivity contribution in [1.82, 2.24) is 10.1 Å². The van der Waals surface area contributed by atoms with Crippen molar-refractivity contribution in [3.05, 3.63) is 64.8 Å². The second-order valence-corrected chi connectivity index (χ2v) is 6.24. The van der Waals surface area contributed by atoms with Gasteiger partial charge in [-0.2, -0.15) is 0 Å². The molecule has 1 aromatic carbocycles. The smallest absolute Gasteiger partial charge is 0.339 e. The van der Waals surface area contributed by atoms with E-state index >= 15 is 0 Å². The maximum absolute atomic E-state index is 13.6. The van der Waals surface area contributed by atoms with Crippen LogP contribution < -0.4 is 4.90 Å². The van der Waals surface area contributed by atoms with Crippen molar-refractivity contribution >= 4 is 11.8 Å². The maximum atomic E-state index is 13.6. The van der Waals surface area contributed by atoms with Gasteiger partial charge < -0.3 is 14.5 Å². The summed E-state index contributed by atoms with van der Waals surface area (Å²) in [5, 5.41) is 13.6. The van der Waals surface area contributed by atoms with Gasteiger partial charge in [0, 0.05) is 29.8 Å². The van der Waals surface area contributed by atoms with Crippen molar-refractivity contribution in [2.24, 2.45) is 0 Å². The average molecular weight is 353 g/mol. The lowest BCUT2D eigenvalue weighted by molar-refractivity contribution is 0.0697.